The van der Waals surface area contributed by atoms with E-state index in [1.807, 2.05) is 26.0 Å². The number of aryl methyl sites for hydroxylation is 2. The lowest BCUT2D eigenvalue weighted by atomic mass is 10.1. The van der Waals surface area contributed by atoms with Crippen molar-refractivity contribution in [2.75, 3.05) is 5.32 Å². The number of hydrogen-bond donors (Lipinski definition) is 2. The second-order valence-electron chi connectivity index (χ2n) is 6.40. The predicted molar refractivity (Wildman–Crippen MR) is 99.2 cm³/mol. The minimum absolute atomic E-state index is 0.156. The van der Waals surface area contributed by atoms with Crippen LogP contribution in [-0.2, 0) is 11.2 Å². The number of halogens is 1. The zero-order valence-corrected chi connectivity index (χ0v) is 14.8. The SMILES string of the molecule is Cc1cc(NC(=O)Cc2c(C)[nH]c3ccc(F)cc23)ccc1-n1cnnn1. The van der Waals surface area contributed by atoms with Crippen LogP contribution >= 0.6 is 0 Å². The van der Waals surface area contributed by atoms with Gasteiger partial charge in [0.05, 0.1) is 12.1 Å². The third-order valence-corrected chi connectivity index (χ3v) is 4.50. The number of carbonyl (C=O) groups excluding carboxylic acids is 1. The molecule has 0 spiro atoms. The van der Waals surface area contributed by atoms with Crippen LogP contribution in [0.4, 0.5) is 10.1 Å². The fourth-order valence-electron chi connectivity index (χ4n) is 3.21. The number of benzene rings is 2. The van der Waals surface area contributed by atoms with Crippen LogP contribution in [-0.4, -0.2) is 31.1 Å². The molecule has 0 aliphatic heterocycles. The average molecular weight is 364 g/mol. The first kappa shape index (κ1) is 16.9. The van der Waals surface area contributed by atoms with E-state index in [0.717, 1.165) is 33.4 Å². The number of nitrogens with one attached hydrogen (secondary N) is 2. The largest absolute Gasteiger partial charge is 0.358 e. The highest BCUT2D eigenvalue weighted by atomic mass is 19.1. The molecule has 1 amide bonds. The number of carbonyl (C=O) groups is 1. The number of aromatic nitrogens is 5. The molecule has 0 saturated heterocycles. The molecule has 0 radical (unpaired) electrons. The Labute approximate surface area is 154 Å². The van der Waals surface area contributed by atoms with Crippen molar-refractivity contribution in [3.05, 3.63) is 65.4 Å². The molecule has 4 rings (SSSR count). The van der Waals surface area contributed by atoms with Crippen LogP contribution in [0.15, 0.2) is 42.7 Å². The van der Waals surface area contributed by atoms with Crippen LogP contribution in [0, 0.1) is 19.7 Å². The van der Waals surface area contributed by atoms with Crippen molar-refractivity contribution in [3.63, 3.8) is 0 Å². The van der Waals surface area contributed by atoms with Crippen molar-refractivity contribution in [1.82, 2.24) is 25.2 Å². The highest BCUT2D eigenvalue weighted by molar-refractivity contribution is 5.96. The van der Waals surface area contributed by atoms with Crippen LogP contribution in [0.5, 0.6) is 0 Å². The fourth-order valence-corrected chi connectivity index (χ4v) is 3.21. The van der Waals surface area contributed by atoms with Crippen molar-refractivity contribution >= 4 is 22.5 Å². The Bertz CT molecular complexity index is 1130. The number of anilines is 1. The van der Waals surface area contributed by atoms with Crippen LogP contribution in [0.1, 0.15) is 16.8 Å². The van der Waals surface area contributed by atoms with Gasteiger partial charge in [0, 0.05) is 22.3 Å². The van der Waals surface area contributed by atoms with Gasteiger partial charge in [-0.3, -0.25) is 4.79 Å². The maximum Gasteiger partial charge on any atom is 0.228 e. The molecule has 8 heteroatoms. The number of fused-ring (bicyclic) bond motifs is 1. The quantitative estimate of drug-likeness (QED) is 0.582. The Hall–Kier alpha value is -3.55. The first-order chi connectivity index (χ1) is 13.0. The molecule has 0 atom stereocenters. The summed E-state index contributed by atoms with van der Waals surface area (Å²) in [6.45, 7) is 3.80. The Morgan fingerprint density at radius 3 is 2.81 bits per heavy atom. The number of nitrogens with zero attached hydrogens (tertiary/aromatic N) is 4. The van der Waals surface area contributed by atoms with Gasteiger partial charge in [-0.15, -0.1) is 5.10 Å². The van der Waals surface area contributed by atoms with E-state index in [1.165, 1.54) is 18.5 Å². The third-order valence-electron chi connectivity index (χ3n) is 4.50. The van der Waals surface area contributed by atoms with Gasteiger partial charge in [0.15, 0.2) is 0 Å². The summed E-state index contributed by atoms with van der Waals surface area (Å²) in [6.07, 6.45) is 1.67. The van der Waals surface area contributed by atoms with E-state index >= 15 is 0 Å². The molecular weight excluding hydrogens is 347 g/mol. The van der Waals surface area contributed by atoms with E-state index in [1.54, 1.807) is 16.8 Å². The van der Waals surface area contributed by atoms with Gasteiger partial charge in [-0.2, -0.15) is 0 Å². The average Bonchev–Trinajstić information content (AvgIpc) is 3.24. The van der Waals surface area contributed by atoms with Gasteiger partial charge >= 0.3 is 0 Å². The summed E-state index contributed by atoms with van der Waals surface area (Å²) in [4.78, 5) is 15.7. The van der Waals surface area contributed by atoms with E-state index in [0.29, 0.717) is 5.69 Å². The second kappa shape index (κ2) is 6.64. The molecule has 0 unspecified atom stereocenters. The topological polar surface area (TPSA) is 88.5 Å². The Kier molecular flexibility index (Phi) is 4.15. The van der Waals surface area contributed by atoms with Crippen molar-refractivity contribution < 1.29 is 9.18 Å². The highest BCUT2D eigenvalue weighted by Gasteiger charge is 2.14. The van der Waals surface area contributed by atoms with Crippen LogP contribution < -0.4 is 5.32 Å². The fraction of sp³-hybridized carbons (Fsp3) is 0.158. The molecule has 2 heterocycles. The molecule has 0 aliphatic carbocycles. The van der Waals surface area contributed by atoms with E-state index < -0.39 is 0 Å². The molecule has 0 aliphatic rings. The first-order valence-electron chi connectivity index (χ1n) is 8.42. The number of amides is 1. The molecule has 2 aromatic carbocycles. The molecule has 2 N–H and O–H groups in total. The van der Waals surface area contributed by atoms with Crippen LogP contribution in [0.2, 0.25) is 0 Å². The maximum absolute atomic E-state index is 13.6. The van der Waals surface area contributed by atoms with E-state index in [2.05, 4.69) is 25.8 Å². The Balaban J connectivity index is 1.54. The number of hydrogen-bond acceptors (Lipinski definition) is 4. The van der Waals surface area contributed by atoms with Gasteiger partial charge < -0.3 is 10.3 Å². The van der Waals surface area contributed by atoms with Gasteiger partial charge in [-0.05, 0) is 71.8 Å². The number of rotatable bonds is 4. The standard InChI is InChI=1S/C19H17FN6O/c1-11-7-14(4-6-18(11)26-10-21-24-25-26)23-19(27)9-15-12(2)22-17-5-3-13(20)8-16(15)17/h3-8,10,22H,9H2,1-2H3,(H,23,27). The summed E-state index contributed by atoms with van der Waals surface area (Å²) in [5.74, 6) is -0.491. The van der Waals surface area contributed by atoms with Gasteiger partial charge in [-0.25, -0.2) is 9.07 Å². The maximum atomic E-state index is 13.6. The Morgan fingerprint density at radius 1 is 1.22 bits per heavy atom. The monoisotopic (exact) mass is 364 g/mol. The highest BCUT2D eigenvalue weighted by Crippen LogP contribution is 2.24. The van der Waals surface area contributed by atoms with Gasteiger partial charge in [-0.1, -0.05) is 0 Å². The summed E-state index contributed by atoms with van der Waals surface area (Å²) < 4.78 is 15.1. The van der Waals surface area contributed by atoms with Crippen molar-refractivity contribution in [2.45, 2.75) is 20.3 Å². The van der Waals surface area contributed by atoms with Crippen molar-refractivity contribution in [2.24, 2.45) is 0 Å². The Morgan fingerprint density at radius 2 is 2.07 bits per heavy atom. The van der Waals surface area contributed by atoms with Crippen molar-refractivity contribution in [3.8, 4) is 5.69 Å². The third kappa shape index (κ3) is 3.29. The molecule has 136 valence electrons. The molecule has 0 fully saturated rings. The van der Waals surface area contributed by atoms with Gasteiger partial charge in [0.2, 0.25) is 5.91 Å². The minimum Gasteiger partial charge on any atom is -0.358 e. The zero-order valence-electron chi connectivity index (χ0n) is 14.8. The minimum atomic E-state index is -0.322. The summed E-state index contributed by atoms with van der Waals surface area (Å²) in [6, 6.07) is 10.0. The first-order valence-corrected chi connectivity index (χ1v) is 8.42. The summed E-state index contributed by atoms with van der Waals surface area (Å²) in [7, 11) is 0. The van der Waals surface area contributed by atoms with Crippen molar-refractivity contribution in [1.29, 1.82) is 0 Å². The van der Waals surface area contributed by atoms with Crippen LogP contribution in [0.3, 0.4) is 0 Å². The molecule has 7 nitrogen and oxygen atoms in total. The predicted octanol–water partition coefficient (Wildman–Crippen LogP) is 3.08. The van der Waals surface area contributed by atoms with E-state index in [9.17, 15) is 9.18 Å². The molecule has 4 aromatic rings. The van der Waals surface area contributed by atoms with Crippen LogP contribution in [0.25, 0.3) is 16.6 Å². The van der Waals surface area contributed by atoms with E-state index in [-0.39, 0.29) is 18.1 Å². The zero-order chi connectivity index (χ0) is 19.0. The smallest absolute Gasteiger partial charge is 0.228 e. The summed E-state index contributed by atoms with van der Waals surface area (Å²) in [5.41, 5.74) is 4.91. The molecular formula is C19H17FN6O. The number of H-pyrrole nitrogens is 1. The molecule has 2 aromatic heterocycles. The van der Waals surface area contributed by atoms with E-state index in [4.69, 9.17) is 0 Å². The van der Waals surface area contributed by atoms with Gasteiger partial charge in [0.25, 0.3) is 0 Å². The second-order valence-corrected chi connectivity index (χ2v) is 6.40. The number of aromatic amines is 1. The lowest BCUT2D eigenvalue weighted by molar-refractivity contribution is -0.115. The summed E-state index contributed by atoms with van der Waals surface area (Å²) in [5, 5.41) is 14.7. The lowest BCUT2D eigenvalue weighted by Gasteiger charge is -2.09. The molecule has 0 bridgehead atoms. The number of tetrazole rings is 1. The molecule has 0 saturated carbocycles. The summed E-state index contributed by atoms with van der Waals surface area (Å²) >= 11 is 0. The molecule has 27 heavy (non-hydrogen) atoms. The normalized spacial score (nSPS) is 11.1. The van der Waals surface area contributed by atoms with Gasteiger partial charge in [0.1, 0.15) is 12.1 Å². The lowest BCUT2D eigenvalue weighted by Crippen LogP contribution is -2.15.